The minimum Gasteiger partial charge on any atom is -0.497 e. The Labute approximate surface area is 155 Å². The summed E-state index contributed by atoms with van der Waals surface area (Å²) >= 11 is 0. The maximum absolute atomic E-state index is 12.4. The van der Waals surface area contributed by atoms with Gasteiger partial charge in [0.1, 0.15) is 5.75 Å². The van der Waals surface area contributed by atoms with Crippen molar-refractivity contribution in [2.24, 2.45) is 0 Å². The SMILES string of the molecule is COc1ccc2cc(CNC(=O)c3cccc(CS(C)=O)c3)ccc2c1. The molecular weight excluding hydrogens is 346 g/mol. The number of amides is 1. The molecule has 0 fully saturated rings. The van der Waals surface area contributed by atoms with Crippen molar-refractivity contribution in [2.45, 2.75) is 12.3 Å². The first kappa shape index (κ1) is 18.1. The van der Waals surface area contributed by atoms with Crippen LogP contribution in [-0.2, 0) is 23.1 Å². The van der Waals surface area contributed by atoms with Gasteiger partial charge in [0.05, 0.1) is 7.11 Å². The summed E-state index contributed by atoms with van der Waals surface area (Å²) in [5.41, 5.74) is 2.51. The Morgan fingerprint density at radius 3 is 2.54 bits per heavy atom. The number of benzene rings is 3. The van der Waals surface area contributed by atoms with Crippen molar-refractivity contribution in [1.82, 2.24) is 5.32 Å². The highest BCUT2D eigenvalue weighted by Crippen LogP contribution is 2.21. The second-order valence-corrected chi connectivity index (χ2v) is 7.58. The van der Waals surface area contributed by atoms with E-state index in [1.165, 1.54) is 0 Å². The van der Waals surface area contributed by atoms with E-state index in [1.54, 1.807) is 25.5 Å². The van der Waals surface area contributed by atoms with Gasteiger partial charge in [-0.25, -0.2) is 0 Å². The van der Waals surface area contributed by atoms with Crippen molar-refractivity contribution >= 4 is 27.5 Å². The number of ether oxygens (including phenoxy) is 1. The summed E-state index contributed by atoms with van der Waals surface area (Å²) in [7, 11) is 0.723. The molecule has 0 aliphatic heterocycles. The largest absolute Gasteiger partial charge is 0.497 e. The van der Waals surface area contributed by atoms with Gasteiger partial charge in [0.25, 0.3) is 5.91 Å². The third kappa shape index (κ3) is 4.49. The Bertz CT molecular complexity index is 968. The van der Waals surface area contributed by atoms with Crippen molar-refractivity contribution in [1.29, 1.82) is 0 Å². The summed E-state index contributed by atoms with van der Waals surface area (Å²) in [6, 6.07) is 19.3. The fraction of sp³-hybridized carbons (Fsp3) is 0.190. The van der Waals surface area contributed by atoms with Crippen molar-refractivity contribution in [3.63, 3.8) is 0 Å². The summed E-state index contributed by atoms with van der Waals surface area (Å²) < 4.78 is 16.6. The van der Waals surface area contributed by atoms with Crippen molar-refractivity contribution in [3.05, 3.63) is 77.4 Å². The highest BCUT2D eigenvalue weighted by atomic mass is 32.2. The van der Waals surface area contributed by atoms with Crippen LogP contribution in [0.4, 0.5) is 0 Å². The molecule has 0 bridgehead atoms. The van der Waals surface area contributed by atoms with E-state index in [4.69, 9.17) is 4.74 Å². The number of methoxy groups -OCH3 is 1. The molecule has 1 amide bonds. The Hall–Kier alpha value is -2.66. The van der Waals surface area contributed by atoms with Gasteiger partial charge in [0.2, 0.25) is 0 Å². The van der Waals surface area contributed by atoms with Gasteiger partial charge in [-0.1, -0.05) is 30.3 Å². The molecule has 0 saturated carbocycles. The summed E-state index contributed by atoms with van der Waals surface area (Å²) in [6.45, 7) is 0.449. The van der Waals surface area contributed by atoms with Gasteiger partial charge >= 0.3 is 0 Å². The van der Waals surface area contributed by atoms with Crippen LogP contribution in [0.15, 0.2) is 60.7 Å². The second kappa shape index (κ2) is 8.15. The lowest BCUT2D eigenvalue weighted by atomic mass is 10.1. The molecule has 0 radical (unpaired) electrons. The van der Waals surface area contributed by atoms with Crippen LogP contribution >= 0.6 is 0 Å². The van der Waals surface area contributed by atoms with Crippen molar-refractivity contribution in [3.8, 4) is 5.75 Å². The lowest BCUT2D eigenvalue weighted by Gasteiger charge is -2.08. The molecule has 0 aliphatic rings. The lowest BCUT2D eigenvalue weighted by molar-refractivity contribution is 0.0951. The molecule has 0 spiro atoms. The topological polar surface area (TPSA) is 55.4 Å². The molecule has 26 heavy (non-hydrogen) atoms. The number of rotatable bonds is 6. The Kier molecular flexibility index (Phi) is 5.68. The average molecular weight is 367 g/mol. The molecule has 0 aliphatic carbocycles. The van der Waals surface area contributed by atoms with E-state index in [0.29, 0.717) is 17.9 Å². The van der Waals surface area contributed by atoms with Gasteiger partial charge in [-0.3, -0.25) is 9.00 Å². The zero-order chi connectivity index (χ0) is 18.5. The molecule has 0 aromatic heterocycles. The number of fused-ring (bicyclic) bond motifs is 1. The maximum Gasteiger partial charge on any atom is 0.251 e. The summed E-state index contributed by atoms with van der Waals surface area (Å²) in [5, 5.41) is 5.14. The van der Waals surface area contributed by atoms with Gasteiger partial charge in [-0.2, -0.15) is 0 Å². The van der Waals surface area contributed by atoms with E-state index in [-0.39, 0.29) is 5.91 Å². The van der Waals surface area contributed by atoms with E-state index in [2.05, 4.69) is 11.4 Å². The van der Waals surface area contributed by atoms with E-state index in [0.717, 1.165) is 27.6 Å². The molecule has 1 N–H and O–H groups in total. The lowest BCUT2D eigenvalue weighted by Crippen LogP contribution is -2.22. The van der Waals surface area contributed by atoms with Crippen molar-refractivity contribution < 1.29 is 13.7 Å². The monoisotopic (exact) mass is 367 g/mol. The molecular formula is C21H21NO3S. The van der Waals surface area contributed by atoms with Crippen LogP contribution in [0.2, 0.25) is 0 Å². The quantitative estimate of drug-likeness (QED) is 0.723. The zero-order valence-electron chi connectivity index (χ0n) is 14.8. The van der Waals surface area contributed by atoms with Crippen LogP contribution in [0.25, 0.3) is 10.8 Å². The predicted octanol–water partition coefficient (Wildman–Crippen LogP) is 3.66. The number of nitrogens with one attached hydrogen (secondary N) is 1. The number of hydrogen-bond acceptors (Lipinski definition) is 3. The molecule has 3 rings (SSSR count). The van der Waals surface area contributed by atoms with E-state index >= 15 is 0 Å². The Balaban J connectivity index is 1.69. The fourth-order valence-electron chi connectivity index (χ4n) is 2.83. The first-order valence-electron chi connectivity index (χ1n) is 8.29. The minimum absolute atomic E-state index is 0.136. The van der Waals surface area contributed by atoms with Gasteiger partial charge < -0.3 is 10.1 Å². The van der Waals surface area contributed by atoms with E-state index in [9.17, 15) is 9.00 Å². The molecule has 134 valence electrons. The van der Waals surface area contributed by atoms with Gasteiger partial charge in [0, 0.05) is 34.9 Å². The molecule has 1 unspecified atom stereocenters. The molecule has 1 atom stereocenters. The van der Waals surface area contributed by atoms with Crippen LogP contribution in [0.1, 0.15) is 21.5 Å². The van der Waals surface area contributed by atoms with Crippen LogP contribution in [0.5, 0.6) is 5.75 Å². The van der Waals surface area contributed by atoms with Crippen LogP contribution in [-0.4, -0.2) is 23.5 Å². The average Bonchev–Trinajstić information content (AvgIpc) is 2.65. The normalized spacial score (nSPS) is 11.9. The van der Waals surface area contributed by atoms with Crippen LogP contribution in [0.3, 0.4) is 0 Å². The Morgan fingerprint density at radius 2 is 1.77 bits per heavy atom. The van der Waals surface area contributed by atoms with Crippen molar-refractivity contribution in [2.75, 3.05) is 13.4 Å². The van der Waals surface area contributed by atoms with Gasteiger partial charge in [0.15, 0.2) is 0 Å². The van der Waals surface area contributed by atoms with Gasteiger partial charge in [-0.05, 0) is 52.2 Å². The number of hydrogen-bond donors (Lipinski definition) is 1. The highest BCUT2D eigenvalue weighted by molar-refractivity contribution is 7.83. The zero-order valence-corrected chi connectivity index (χ0v) is 15.6. The predicted molar refractivity (Wildman–Crippen MR) is 106 cm³/mol. The third-order valence-electron chi connectivity index (χ3n) is 4.12. The Morgan fingerprint density at radius 1 is 1.00 bits per heavy atom. The molecule has 4 nitrogen and oxygen atoms in total. The molecule has 5 heteroatoms. The first-order chi connectivity index (χ1) is 12.5. The van der Waals surface area contributed by atoms with Crippen LogP contribution < -0.4 is 10.1 Å². The van der Waals surface area contributed by atoms with Crippen LogP contribution in [0, 0.1) is 0 Å². The van der Waals surface area contributed by atoms with E-state index in [1.807, 2.05) is 42.5 Å². The third-order valence-corrected chi connectivity index (χ3v) is 4.86. The number of carbonyl (C=O) groups excluding carboxylic acids is 1. The molecule has 0 heterocycles. The standard InChI is InChI=1S/C21H21NO3S/c1-25-20-9-8-17-10-15(6-7-18(17)12-20)13-22-21(23)19-5-3-4-16(11-19)14-26(2)24/h3-12H,13-14H2,1-2H3,(H,22,23). The molecule has 3 aromatic rings. The highest BCUT2D eigenvalue weighted by Gasteiger charge is 2.07. The first-order valence-corrected chi connectivity index (χ1v) is 10.0. The summed E-state index contributed by atoms with van der Waals surface area (Å²) in [6.07, 6.45) is 1.65. The number of carbonyl (C=O) groups is 1. The smallest absolute Gasteiger partial charge is 0.251 e. The fourth-order valence-corrected chi connectivity index (χ4v) is 3.48. The molecule has 3 aromatic carbocycles. The molecule has 0 saturated heterocycles. The van der Waals surface area contributed by atoms with E-state index < -0.39 is 10.8 Å². The summed E-state index contributed by atoms with van der Waals surface area (Å²) in [5.74, 6) is 1.14. The maximum atomic E-state index is 12.4. The second-order valence-electron chi connectivity index (χ2n) is 6.15. The summed E-state index contributed by atoms with van der Waals surface area (Å²) in [4.78, 5) is 12.4. The van der Waals surface area contributed by atoms with Gasteiger partial charge in [-0.15, -0.1) is 0 Å². The minimum atomic E-state index is -0.928.